The monoisotopic (exact) mass is 402 g/mol. The molecule has 1 aromatic rings. The minimum Gasteiger partial charge on any atom is -0.493 e. The van der Waals surface area contributed by atoms with Crippen LogP contribution in [0.1, 0.15) is 45.1 Å². The van der Waals surface area contributed by atoms with Crippen molar-refractivity contribution in [3.8, 4) is 11.5 Å². The zero-order chi connectivity index (χ0) is 21.0. The predicted octanol–water partition coefficient (Wildman–Crippen LogP) is 3.04. The minimum atomic E-state index is -0.241. The van der Waals surface area contributed by atoms with Gasteiger partial charge in [-0.2, -0.15) is 0 Å². The molecule has 2 aliphatic rings. The molecule has 0 radical (unpaired) electrons. The van der Waals surface area contributed by atoms with E-state index in [0.29, 0.717) is 42.8 Å². The van der Waals surface area contributed by atoms with Gasteiger partial charge in [-0.25, -0.2) is 0 Å². The van der Waals surface area contributed by atoms with Gasteiger partial charge in [-0.05, 0) is 48.8 Å². The van der Waals surface area contributed by atoms with E-state index in [-0.39, 0.29) is 23.8 Å². The van der Waals surface area contributed by atoms with Crippen molar-refractivity contribution in [2.45, 2.75) is 52.0 Å². The second-order valence-electron chi connectivity index (χ2n) is 8.60. The van der Waals surface area contributed by atoms with Crippen molar-refractivity contribution in [3.63, 3.8) is 0 Å². The fraction of sp³-hybridized carbons (Fsp3) is 0.652. The average molecular weight is 403 g/mol. The maximum Gasteiger partial charge on any atom is 0.225 e. The molecule has 1 heterocycles. The summed E-state index contributed by atoms with van der Waals surface area (Å²) in [5.74, 6) is 2.24. The van der Waals surface area contributed by atoms with Crippen LogP contribution in [0.4, 0.5) is 0 Å². The van der Waals surface area contributed by atoms with Crippen molar-refractivity contribution >= 4 is 11.8 Å². The van der Waals surface area contributed by atoms with Crippen molar-refractivity contribution in [1.29, 1.82) is 0 Å². The van der Waals surface area contributed by atoms with Crippen LogP contribution < -0.4 is 14.8 Å². The number of nitrogens with zero attached hydrogens (tertiary/aromatic N) is 1. The molecular weight excluding hydrogens is 368 g/mol. The fourth-order valence-corrected chi connectivity index (χ4v) is 4.71. The highest BCUT2D eigenvalue weighted by Gasteiger charge is 2.37. The number of hydrogen-bond acceptors (Lipinski definition) is 4. The lowest BCUT2D eigenvalue weighted by molar-refractivity contribution is -0.129. The molecule has 0 bridgehead atoms. The van der Waals surface area contributed by atoms with Crippen LogP contribution in [-0.4, -0.2) is 50.1 Å². The molecule has 3 unspecified atom stereocenters. The summed E-state index contributed by atoms with van der Waals surface area (Å²) >= 11 is 0. The summed E-state index contributed by atoms with van der Waals surface area (Å²) < 4.78 is 10.6. The molecule has 1 saturated heterocycles. The molecule has 1 aliphatic heterocycles. The van der Waals surface area contributed by atoms with E-state index in [1.54, 1.807) is 14.2 Å². The third-order valence-corrected chi connectivity index (χ3v) is 6.56. The van der Waals surface area contributed by atoms with E-state index < -0.39 is 0 Å². The van der Waals surface area contributed by atoms with Gasteiger partial charge in [0.25, 0.3) is 0 Å². The number of carbonyl (C=O) groups is 2. The molecule has 6 nitrogen and oxygen atoms in total. The van der Waals surface area contributed by atoms with Gasteiger partial charge < -0.3 is 19.7 Å². The molecule has 1 aliphatic carbocycles. The Hall–Kier alpha value is -2.24. The standard InChI is InChI=1S/C23H34N2O4/c1-15-6-5-7-16(2)22(15)24-23(27)18-13-21(26)25(14-18)11-10-17-8-9-19(28-3)20(12-17)29-4/h8-9,12,15-16,18,22H,5-7,10-11,13-14H2,1-4H3,(H,24,27). The summed E-state index contributed by atoms with van der Waals surface area (Å²) in [4.78, 5) is 27.1. The first-order valence-corrected chi connectivity index (χ1v) is 10.7. The van der Waals surface area contributed by atoms with E-state index >= 15 is 0 Å². The van der Waals surface area contributed by atoms with Gasteiger partial charge in [0.2, 0.25) is 11.8 Å². The van der Waals surface area contributed by atoms with Crippen LogP contribution in [0.2, 0.25) is 0 Å². The second kappa shape index (κ2) is 9.51. The largest absolute Gasteiger partial charge is 0.493 e. The van der Waals surface area contributed by atoms with Gasteiger partial charge in [0.05, 0.1) is 20.1 Å². The Morgan fingerprint density at radius 1 is 1.14 bits per heavy atom. The van der Waals surface area contributed by atoms with E-state index in [1.165, 1.54) is 6.42 Å². The first-order valence-electron chi connectivity index (χ1n) is 10.7. The smallest absolute Gasteiger partial charge is 0.225 e. The topological polar surface area (TPSA) is 67.9 Å². The van der Waals surface area contributed by atoms with Gasteiger partial charge in [0.1, 0.15) is 0 Å². The Kier molecular flexibility index (Phi) is 7.04. The highest BCUT2D eigenvalue weighted by atomic mass is 16.5. The molecule has 3 rings (SSSR count). The van der Waals surface area contributed by atoms with Crippen LogP contribution in [0.5, 0.6) is 11.5 Å². The normalized spacial score (nSPS) is 27.0. The summed E-state index contributed by atoms with van der Waals surface area (Å²) in [5.41, 5.74) is 1.08. The van der Waals surface area contributed by atoms with Crippen molar-refractivity contribution in [1.82, 2.24) is 10.2 Å². The van der Waals surface area contributed by atoms with Crippen LogP contribution in [0.25, 0.3) is 0 Å². The number of methoxy groups -OCH3 is 2. The average Bonchev–Trinajstić information content (AvgIpc) is 3.09. The Balaban J connectivity index is 1.54. The Labute approximate surface area is 173 Å². The summed E-state index contributed by atoms with van der Waals surface area (Å²) in [6.45, 7) is 5.55. The third-order valence-electron chi connectivity index (χ3n) is 6.56. The number of benzene rings is 1. The van der Waals surface area contributed by atoms with Crippen molar-refractivity contribution in [2.24, 2.45) is 17.8 Å². The van der Waals surface area contributed by atoms with Gasteiger partial charge in [-0.1, -0.05) is 26.3 Å². The maximum absolute atomic E-state index is 12.8. The lowest BCUT2D eigenvalue weighted by Gasteiger charge is -2.35. The molecule has 0 aromatic heterocycles. The van der Waals surface area contributed by atoms with Gasteiger partial charge >= 0.3 is 0 Å². The van der Waals surface area contributed by atoms with Crippen molar-refractivity contribution in [3.05, 3.63) is 23.8 Å². The highest BCUT2D eigenvalue weighted by Crippen LogP contribution is 2.30. The van der Waals surface area contributed by atoms with Crippen molar-refractivity contribution in [2.75, 3.05) is 27.3 Å². The minimum absolute atomic E-state index is 0.0394. The predicted molar refractivity (Wildman–Crippen MR) is 112 cm³/mol. The number of hydrogen-bond donors (Lipinski definition) is 1. The molecule has 0 spiro atoms. The number of nitrogens with one attached hydrogen (secondary N) is 1. The summed E-state index contributed by atoms with van der Waals surface area (Å²) in [7, 11) is 3.23. The van der Waals surface area contributed by atoms with E-state index in [1.807, 2.05) is 23.1 Å². The second-order valence-corrected chi connectivity index (χ2v) is 8.60. The molecular formula is C23H34N2O4. The molecule has 29 heavy (non-hydrogen) atoms. The first kappa shape index (κ1) is 21.5. The number of ether oxygens (including phenoxy) is 2. The molecule has 1 aromatic carbocycles. The highest BCUT2D eigenvalue weighted by molar-refractivity contribution is 5.89. The van der Waals surface area contributed by atoms with Crippen LogP contribution in [0, 0.1) is 17.8 Å². The Morgan fingerprint density at radius 2 is 1.83 bits per heavy atom. The quantitative estimate of drug-likeness (QED) is 0.761. The van der Waals surface area contributed by atoms with Crippen LogP contribution in [0.3, 0.4) is 0 Å². The molecule has 160 valence electrons. The summed E-state index contributed by atoms with van der Waals surface area (Å²) in [5, 5.41) is 3.25. The zero-order valence-electron chi connectivity index (χ0n) is 18.1. The summed E-state index contributed by atoms with van der Waals surface area (Å²) in [6, 6.07) is 6.03. The van der Waals surface area contributed by atoms with Gasteiger partial charge in [0, 0.05) is 25.6 Å². The Bertz CT molecular complexity index is 726. The molecule has 1 saturated carbocycles. The van der Waals surface area contributed by atoms with E-state index in [2.05, 4.69) is 19.2 Å². The van der Waals surface area contributed by atoms with E-state index in [4.69, 9.17) is 9.47 Å². The third kappa shape index (κ3) is 5.03. The van der Waals surface area contributed by atoms with Gasteiger partial charge in [0.15, 0.2) is 11.5 Å². The zero-order valence-corrected chi connectivity index (χ0v) is 18.1. The molecule has 2 fully saturated rings. The van der Waals surface area contributed by atoms with Gasteiger partial charge in [-0.3, -0.25) is 9.59 Å². The summed E-state index contributed by atoms with van der Waals surface area (Å²) in [6.07, 6.45) is 4.59. The number of likely N-dealkylation sites (tertiary alicyclic amines) is 1. The Morgan fingerprint density at radius 3 is 2.48 bits per heavy atom. The molecule has 2 amide bonds. The SMILES string of the molecule is COc1ccc(CCN2CC(C(=O)NC3C(C)CCCC3C)CC2=O)cc1OC. The van der Waals surface area contributed by atoms with Crippen LogP contribution >= 0.6 is 0 Å². The van der Waals surface area contributed by atoms with Gasteiger partial charge in [-0.15, -0.1) is 0 Å². The molecule has 1 N–H and O–H groups in total. The molecule has 6 heteroatoms. The van der Waals surface area contributed by atoms with Crippen LogP contribution in [0.15, 0.2) is 18.2 Å². The maximum atomic E-state index is 12.8. The first-order chi connectivity index (χ1) is 13.9. The number of carbonyl (C=O) groups excluding carboxylic acids is 2. The molecule has 3 atom stereocenters. The van der Waals surface area contributed by atoms with Crippen LogP contribution in [-0.2, 0) is 16.0 Å². The van der Waals surface area contributed by atoms with E-state index in [0.717, 1.165) is 24.8 Å². The lowest BCUT2D eigenvalue weighted by atomic mass is 9.78. The van der Waals surface area contributed by atoms with E-state index in [9.17, 15) is 9.59 Å². The number of amides is 2. The fourth-order valence-electron chi connectivity index (χ4n) is 4.71. The number of rotatable bonds is 7. The van der Waals surface area contributed by atoms with Crippen molar-refractivity contribution < 1.29 is 19.1 Å². The lowest BCUT2D eigenvalue weighted by Crippen LogP contribution is -2.48.